The van der Waals surface area contributed by atoms with E-state index in [-0.39, 0.29) is 18.4 Å². The third kappa shape index (κ3) is 4.55. The van der Waals surface area contributed by atoms with Crippen LogP contribution in [-0.4, -0.2) is 18.4 Å². The van der Waals surface area contributed by atoms with Gasteiger partial charge in [0, 0.05) is 11.3 Å². The molecule has 6 nitrogen and oxygen atoms in total. The molecule has 4 N–H and O–H groups in total. The smallest absolute Gasteiger partial charge is 0.265 e. The highest BCUT2D eigenvalue weighted by Crippen LogP contribution is 2.15. The first-order chi connectivity index (χ1) is 11.0. The molecule has 0 saturated carbocycles. The number of rotatable bonds is 5. The highest BCUT2D eigenvalue weighted by atomic mass is 16.5. The van der Waals surface area contributed by atoms with E-state index in [1.54, 1.807) is 24.3 Å². The highest BCUT2D eigenvalue weighted by molar-refractivity contribution is 5.94. The maximum Gasteiger partial charge on any atom is 0.265 e. The molecular formula is C17H19N3O3. The van der Waals surface area contributed by atoms with Crippen LogP contribution in [-0.2, 0) is 4.79 Å². The minimum atomic E-state index is -0.385. The first-order valence-corrected chi connectivity index (χ1v) is 7.10. The third-order valence-corrected chi connectivity index (χ3v) is 3.41. The van der Waals surface area contributed by atoms with E-state index in [9.17, 15) is 9.59 Å². The Balaban J connectivity index is 1.88. The molecule has 0 saturated heterocycles. The fourth-order valence-electron chi connectivity index (χ4n) is 1.95. The van der Waals surface area contributed by atoms with Gasteiger partial charge < -0.3 is 10.1 Å². The number of hydrogen-bond donors (Lipinski definition) is 3. The second kappa shape index (κ2) is 7.42. The predicted octanol–water partition coefficient (Wildman–Crippen LogP) is 1.92. The Morgan fingerprint density at radius 1 is 1.04 bits per heavy atom. The van der Waals surface area contributed by atoms with Crippen molar-refractivity contribution in [1.29, 1.82) is 0 Å². The van der Waals surface area contributed by atoms with Crippen LogP contribution in [0.4, 0.5) is 5.69 Å². The number of nitrogens with one attached hydrogen (secondary N) is 2. The van der Waals surface area contributed by atoms with Gasteiger partial charge in [-0.1, -0.05) is 6.07 Å². The van der Waals surface area contributed by atoms with Gasteiger partial charge >= 0.3 is 0 Å². The van der Waals surface area contributed by atoms with Gasteiger partial charge in [0.1, 0.15) is 5.75 Å². The molecule has 0 spiro atoms. The van der Waals surface area contributed by atoms with E-state index in [2.05, 4.69) is 5.32 Å². The fourth-order valence-corrected chi connectivity index (χ4v) is 1.95. The summed E-state index contributed by atoms with van der Waals surface area (Å²) in [5, 5.41) is 2.77. The monoisotopic (exact) mass is 313 g/mol. The molecule has 0 aromatic heterocycles. The number of aryl methyl sites for hydroxylation is 2. The summed E-state index contributed by atoms with van der Waals surface area (Å²) >= 11 is 0. The SMILES string of the molecule is Cc1ccc(NC(=O)COc2ccc(C(=O)NN)cc2)cc1C. The number of hydrogen-bond acceptors (Lipinski definition) is 4. The molecule has 0 aliphatic rings. The van der Waals surface area contributed by atoms with Gasteiger partial charge in [0.2, 0.25) is 0 Å². The summed E-state index contributed by atoms with van der Waals surface area (Å²) in [4.78, 5) is 23.2. The van der Waals surface area contributed by atoms with Gasteiger partial charge in [-0.3, -0.25) is 15.0 Å². The molecular weight excluding hydrogens is 294 g/mol. The summed E-state index contributed by atoms with van der Waals surface area (Å²) in [6.07, 6.45) is 0. The zero-order valence-corrected chi connectivity index (χ0v) is 13.1. The summed E-state index contributed by atoms with van der Waals surface area (Å²) in [5.41, 5.74) is 5.47. The molecule has 2 aromatic rings. The van der Waals surface area contributed by atoms with E-state index in [1.165, 1.54) is 5.56 Å². The number of nitrogen functional groups attached to an aromatic ring is 1. The molecule has 0 bridgehead atoms. The van der Waals surface area contributed by atoms with Gasteiger partial charge in [0.25, 0.3) is 11.8 Å². The quantitative estimate of drug-likeness (QED) is 0.446. The minimum absolute atomic E-state index is 0.116. The second-order valence-corrected chi connectivity index (χ2v) is 5.13. The Labute approximate surface area is 134 Å². The van der Waals surface area contributed by atoms with Crippen LogP contribution in [0.15, 0.2) is 42.5 Å². The first kappa shape index (κ1) is 16.5. The van der Waals surface area contributed by atoms with Gasteiger partial charge in [0.15, 0.2) is 6.61 Å². The lowest BCUT2D eigenvalue weighted by Gasteiger charge is -2.09. The zero-order valence-electron chi connectivity index (χ0n) is 13.1. The number of carbonyl (C=O) groups is 2. The summed E-state index contributed by atoms with van der Waals surface area (Å²) < 4.78 is 5.39. The minimum Gasteiger partial charge on any atom is -0.484 e. The molecule has 0 fully saturated rings. The van der Waals surface area contributed by atoms with Gasteiger partial charge in [-0.25, -0.2) is 5.84 Å². The molecule has 0 atom stereocenters. The van der Waals surface area contributed by atoms with E-state index < -0.39 is 0 Å². The van der Waals surface area contributed by atoms with Crippen LogP contribution in [0.25, 0.3) is 0 Å². The number of hydrazine groups is 1. The van der Waals surface area contributed by atoms with Gasteiger partial charge in [-0.05, 0) is 61.4 Å². The van der Waals surface area contributed by atoms with Gasteiger partial charge in [0.05, 0.1) is 0 Å². The largest absolute Gasteiger partial charge is 0.484 e. The zero-order chi connectivity index (χ0) is 16.8. The lowest BCUT2D eigenvalue weighted by Crippen LogP contribution is -2.29. The summed E-state index contributed by atoms with van der Waals surface area (Å²) in [5.74, 6) is 4.91. The standard InChI is InChI=1S/C17H19N3O3/c1-11-3-6-14(9-12(11)2)19-16(21)10-23-15-7-4-13(5-8-15)17(22)20-18/h3-9H,10,18H2,1-2H3,(H,19,21)(H,20,22). The number of anilines is 1. The average Bonchev–Trinajstić information content (AvgIpc) is 2.56. The van der Waals surface area contributed by atoms with Crippen molar-refractivity contribution in [2.75, 3.05) is 11.9 Å². The summed E-state index contributed by atoms with van der Waals surface area (Å²) in [6.45, 7) is 3.88. The first-order valence-electron chi connectivity index (χ1n) is 7.10. The fraction of sp³-hybridized carbons (Fsp3) is 0.176. The van der Waals surface area contributed by atoms with Crippen LogP contribution >= 0.6 is 0 Å². The van der Waals surface area contributed by atoms with E-state index in [0.717, 1.165) is 11.3 Å². The Morgan fingerprint density at radius 3 is 2.35 bits per heavy atom. The van der Waals surface area contributed by atoms with Crippen molar-refractivity contribution in [3.63, 3.8) is 0 Å². The van der Waals surface area contributed by atoms with Crippen LogP contribution in [0.1, 0.15) is 21.5 Å². The van der Waals surface area contributed by atoms with Crippen molar-refractivity contribution >= 4 is 17.5 Å². The molecule has 120 valence electrons. The maximum atomic E-state index is 11.9. The van der Waals surface area contributed by atoms with Crippen molar-refractivity contribution in [3.8, 4) is 5.75 Å². The molecule has 6 heteroatoms. The number of benzene rings is 2. The van der Waals surface area contributed by atoms with Crippen LogP contribution in [0.3, 0.4) is 0 Å². The molecule has 0 heterocycles. The number of ether oxygens (including phenoxy) is 1. The molecule has 2 aromatic carbocycles. The average molecular weight is 313 g/mol. The van der Waals surface area contributed by atoms with Gasteiger partial charge in [-0.15, -0.1) is 0 Å². The van der Waals surface area contributed by atoms with Crippen LogP contribution in [0, 0.1) is 13.8 Å². The topological polar surface area (TPSA) is 93.4 Å². The number of carbonyl (C=O) groups excluding carboxylic acids is 2. The summed E-state index contributed by atoms with van der Waals surface area (Å²) in [6, 6.07) is 12.1. The molecule has 0 aliphatic heterocycles. The lowest BCUT2D eigenvalue weighted by atomic mass is 10.1. The molecule has 0 radical (unpaired) electrons. The Bertz CT molecular complexity index is 712. The molecule has 0 aliphatic carbocycles. The van der Waals surface area contributed by atoms with Crippen molar-refractivity contribution in [1.82, 2.24) is 5.43 Å². The van der Waals surface area contributed by atoms with Crippen molar-refractivity contribution in [2.24, 2.45) is 5.84 Å². The van der Waals surface area contributed by atoms with E-state index in [0.29, 0.717) is 11.3 Å². The third-order valence-electron chi connectivity index (χ3n) is 3.41. The normalized spacial score (nSPS) is 10.0. The highest BCUT2D eigenvalue weighted by Gasteiger charge is 2.06. The molecule has 2 rings (SSSR count). The van der Waals surface area contributed by atoms with E-state index in [1.807, 2.05) is 37.5 Å². The Morgan fingerprint density at radius 2 is 1.74 bits per heavy atom. The number of amides is 2. The summed E-state index contributed by atoms with van der Waals surface area (Å²) in [7, 11) is 0. The Hall–Kier alpha value is -2.86. The van der Waals surface area contributed by atoms with Crippen molar-refractivity contribution < 1.29 is 14.3 Å². The van der Waals surface area contributed by atoms with Crippen molar-refractivity contribution in [3.05, 3.63) is 59.2 Å². The van der Waals surface area contributed by atoms with Crippen molar-refractivity contribution in [2.45, 2.75) is 13.8 Å². The van der Waals surface area contributed by atoms with Crippen LogP contribution in [0.2, 0.25) is 0 Å². The van der Waals surface area contributed by atoms with E-state index in [4.69, 9.17) is 10.6 Å². The van der Waals surface area contributed by atoms with E-state index >= 15 is 0 Å². The maximum absolute atomic E-state index is 11.9. The van der Waals surface area contributed by atoms with Gasteiger partial charge in [-0.2, -0.15) is 0 Å². The lowest BCUT2D eigenvalue weighted by molar-refractivity contribution is -0.118. The number of nitrogens with two attached hydrogens (primary N) is 1. The Kier molecular flexibility index (Phi) is 5.32. The second-order valence-electron chi connectivity index (χ2n) is 5.13. The predicted molar refractivity (Wildman–Crippen MR) is 88.1 cm³/mol. The molecule has 23 heavy (non-hydrogen) atoms. The van der Waals surface area contributed by atoms with Crippen LogP contribution < -0.4 is 21.3 Å². The molecule has 0 unspecified atom stereocenters. The van der Waals surface area contributed by atoms with Crippen LogP contribution in [0.5, 0.6) is 5.75 Å². The molecule has 2 amide bonds.